The van der Waals surface area contributed by atoms with Crippen molar-refractivity contribution in [1.29, 1.82) is 5.26 Å². The van der Waals surface area contributed by atoms with E-state index in [1.807, 2.05) is 0 Å². The summed E-state index contributed by atoms with van der Waals surface area (Å²) < 4.78 is 6.08. The Morgan fingerprint density at radius 1 is 1.38 bits per heavy atom. The van der Waals surface area contributed by atoms with Crippen molar-refractivity contribution < 1.29 is 14.6 Å². The molecule has 16 heavy (non-hydrogen) atoms. The number of ether oxygens (including phenoxy) is 1. The van der Waals surface area contributed by atoms with Crippen molar-refractivity contribution in [2.45, 2.75) is 32.1 Å². The number of rotatable bonds is 2. The van der Waals surface area contributed by atoms with Crippen LogP contribution in [0.4, 0.5) is 0 Å². The highest BCUT2D eigenvalue weighted by Crippen LogP contribution is 2.18. The summed E-state index contributed by atoms with van der Waals surface area (Å²) in [5, 5.41) is 18.8. The number of carbonyl (C=O) groups is 1. The van der Waals surface area contributed by atoms with Crippen LogP contribution in [0, 0.1) is 11.3 Å². The van der Waals surface area contributed by atoms with Crippen molar-refractivity contribution in [3.8, 4) is 6.07 Å². The zero-order chi connectivity index (χ0) is 12.4. The summed E-state index contributed by atoms with van der Waals surface area (Å²) in [6, 6.07) is 4.75. The second-order valence-corrected chi connectivity index (χ2v) is 4.38. The van der Waals surface area contributed by atoms with E-state index in [0.717, 1.165) is 4.57 Å². The number of hydrogen-bond donors (Lipinski definition) is 1. The summed E-state index contributed by atoms with van der Waals surface area (Å²) in [7, 11) is 0. The summed E-state index contributed by atoms with van der Waals surface area (Å²) >= 11 is 0. The number of nitriles is 1. The molecule has 0 spiro atoms. The third-order valence-corrected chi connectivity index (χ3v) is 1.82. The lowest BCUT2D eigenvalue weighted by atomic mass is 10.1. The van der Waals surface area contributed by atoms with Crippen molar-refractivity contribution in [3.63, 3.8) is 0 Å². The third-order valence-electron chi connectivity index (χ3n) is 1.82. The lowest BCUT2D eigenvalue weighted by Crippen LogP contribution is -2.44. The van der Waals surface area contributed by atoms with Crippen molar-refractivity contribution >= 4 is 5.97 Å². The van der Waals surface area contributed by atoms with Crippen LogP contribution in [0.5, 0.6) is 0 Å². The molecule has 0 amide bonds. The first-order valence-electron chi connectivity index (χ1n) is 4.80. The number of aromatic nitrogens is 1. The fourth-order valence-electron chi connectivity index (χ4n) is 1.11. The van der Waals surface area contributed by atoms with Crippen LogP contribution < -0.4 is 0 Å². The fourth-order valence-corrected chi connectivity index (χ4v) is 1.11. The quantitative estimate of drug-likeness (QED) is 0.598. The van der Waals surface area contributed by atoms with Gasteiger partial charge in [0, 0.05) is 12.4 Å². The van der Waals surface area contributed by atoms with E-state index in [9.17, 15) is 9.90 Å². The van der Waals surface area contributed by atoms with Gasteiger partial charge in [0.1, 0.15) is 11.7 Å². The molecule has 0 fully saturated rings. The molecule has 1 aromatic heterocycles. The van der Waals surface area contributed by atoms with Crippen molar-refractivity contribution in [2.75, 3.05) is 0 Å². The molecule has 0 saturated carbocycles. The number of hydrogen-bond acceptors (Lipinski definition) is 4. The van der Waals surface area contributed by atoms with E-state index in [-0.39, 0.29) is 0 Å². The molecule has 1 N–H and O–H groups in total. The molecule has 0 radical (unpaired) electrons. The minimum absolute atomic E-state index is 0.755. The van der Waals surface area contributed by atoms with Crippen LogP contribution in [0.3, 0.4) is 0 Å². The van der Waals surface area contributed by atoms with E-state index < -0.39 is 17.3 Å². The Hall–Kier alpha value is -1.80. The van der Waals surface area contributed by atoms with Gasteiger partial charge >= 0.3 is 11.7 Å². The highest BCUT2D eigenvalue weighted by atomic mass is 16.6. The first-order valence-corrected chi connectivity index (χ1v) is 4.80. The van der Waals surface area contributed by atoms with Crippen LogP contribution >= 0.6 is 0 Å². The van der Waals surface area contributed by atoms with Crippen molar-refractivity contribution in [2.24, 2.45) is 0 Å². The molecular formula is C11H14N2O3. The monoisotopic (exact) mass is 222 g/mol. The summed E-state index contributed by atoms with van der Waals surface area (Å²) in [4.78, 5) is 11.7. The Kier molecular flexibility index (Phi) is 3.06. The standard InChI is InChI=1S/C11H14N2O3/c1-10(2,3)16-9(14)11(15,8-12)13-6-4-5-7-13/h4-7,15H,1-3H3. The van der Waals surface area contributed by atoms with Gasteiger partial charge in [0.2, 0.25) is 0 Å². The maximum atomic E-state index is 11.7. The molecular weight excluding hydrogens is 208 g/mol. The van der Waals surface area contributed by atoms with Crippen LogP contribution in [0.2, 0.25) is 0 Å². The first-order chi connectivity index (χ1) is 7.29. The summed E-state index contributed by atoms with van der Waals surface area (Å²) in [5.41, 5.74) is -3.06. The molecule has 0 aliphatic carbocycles. The maximum absolute atomic E-state index is 11.7. The number of carbonyl (C=O) groups excluding carboxylic acids is 1. The van der Waals surface area contributed by atoms with Gasteiger partial charge in [-0.15, -0.1) is 0 Å². The molecule has 1 atom stereocenters. The predicted molar refractivity (Wildman–Crippen MR) is 56.1 cm³/mol. The lowest BCUT2D eigenvalue weighted by Gasteiger charge is -2.26. The topological polar surface area (TPSA) is 75.2 Å². The smallest absolute Gasteiger partial charge is 0.376 e. The SMILES string of the molecule is CC(C)(C)OC(=O)C(O)(C#N)n1cccc1. The average molecular weight is 222 g/mol. The predicted octanol–water partition coefficient (Wildman–Crippen LogP) is 0.998. The highest BCUT2D eigenvalue weighted by Gasteiger charge is 2.41. The normalized spacial score (nSPS) is 14.9. The Morgan fingerprint density at radius 3 is 2.25 bits per heavy atom. The molecule has 5 heteroatoms. The van der Waals surface area contributed by atoms with Gasteiger partial charge in [-0.25, -0.2) is 4.79 Å². The Bertz CT molecular complexity index is 411. The zero-order valence-corrected chi connectivity index (χ0v) is 9.47. The Morgan fingerprint density at radius 2 is 1.88 bits per heavy atom. The Labute approximate surface area is 93.9 Å². The van der Waals surface area contributed by atoms with Gasteiger partial charge in [-0.1, -0.05) is 0 Å². The van der Waals surface area contributed by atoms with Gasteiger partial charge in [-0.2, -0.15) is 5.26 Å². The molecule has 1 unspecified atom stereocenters. The molecule has 0 aromatic carbocycles. The molecule has 5 nitrogen and oxygen atoms in total. The third kappa shape index (κ3) is 2.41. The lowest BCUT2D eigenvalue weighted by molar-refractivity contribution is -0.180. The van der Waals surface area contributed by atoms with Gasteiger partial charge in [-0.3, -0.25) is 0 Å². The number of esters is 1. The molecule has 0 saturated heterocycles. The maximum Gasteiger partial charge on any atom is 0.376 e. The van der Waals surface area contributed by atoms with E-state index >= 15 is 0 Å². The molecule has 0 aliphatic heterocycles. The van der Waals surface area contributed by atoms with Crippen LogP contribution in [-0.4, -0.2) is 21.2 Å². The minimum Gasteiger partial charge on any atom is -0.456 e. The van der Waals surface area contributed by atoms with E-state index in [4.69, 9.17) is 10.00 Å². The Balaban J connectivity index is 3.00. The highest BCUT2D eigenvalue weighted by molar-refractivity contribution is 5.80. The molecule has 1 aromatic rings. The molecule has 0 bridgehead atoms. The van der Waals surface area contributed by atoms with E-state index in [0.29, 0.717) is 0 Å². The number of aliphatic hydroxyl groups is 1. The van der Waals surface area contributed by atoms with Crippen molar-refractivity contribution in [3.05, 3.63) is 24.5 Å². The van der Waals surface area contributed by atoms with E-state index in [2.05, 4.69) is 0 Å². The molecule has 86 valence electrons. The molecule has 1 rings (SSSR count). The van der Waals surface area contributed by atoms with Crippen LogP contribution in [0.25, 0.3) is 0 Å². The van der Waals surface area contributed by atoms with Crippen LogP contribution in [0.1, 0.15) is 20.8 Å². The zero-order valence-electron chi connectivity index (χ0n) is 9.47. The van der Waals surface area contributed by atoms with E-state index in [1.165, 1.54) is 12.4 Å². The average Bonchev–Trinajstić information content (AvgIpc) is 2.66. The molecule has 0 aliphatic rings. The van der Waals surface area contributed by atoms with Gasteiger partial charge < -0.3 is 14.4 Å². The molecule has 1 heterocycles. The largest absolute Gasteiger partial charge is 0.456 e. The first kappa shape index (κ1) is 12.3. The summed E-state index contributed by atoms with van der Waals surface area (Å²) in [5.74, 6) is -0.987. The van der Waals surface area contributed by atoms with Crippen LogP contribution in [0.15, 0.2) is 24.5 Å². The van der Waals surface area contributed by atoms with Crippen LogP contribution in [-0.2, 0) is 15.3 Å². The van der Waals surface area contributed by atoms with Gasteiger partial charge in [0.25, 0.3) is 0 Å². The second kappa shape index (κ2) is 3.99. The fraction of sp³-hybridized carbons (Fsp3) is 0.455. The van der Waals surface area contributed by atoms with Gasteiger partial charge in [0.05, 0.1) is 0 Å². The summed E-state index contributed by atoms with van der Waals surface area (Å²) in [6.45, 7) is 5.00. The number of nitrogens with zero attached hydrogens (tertiary/aromatic N) is 2. The second-order valence-electron chi connectivity index (χ2n) is 4.38. The van der Waals surface area contributed by atoms with Crippen molar-refractivity contribution in [1.82, 2.24) is 4.57 Å². The van der Waals surface area contributed by atoms with E-state index in [1.54, 1.807) is 39.0 Å². The van der Waals surface area contributed by atoms with Gasteiger partial charge in [0.15, 0.2) is 0 Å². The minimum atomic E-state index is -2.31. The summed E-state index contributed by atoms with van der Waals surface area (Å²) in [6.07, 6.45) is 2.85. The van der Waals surface area contributed by atoms with Gasteiger partial charge in [-0.05, 0) is 32.9 Å².